The first-order valence-corrected chi connectivity index (χ1v) is 8.16. The smallest absolute Gasteiger partial charge is 0.0406 e. The van der Waals surface area contributed by atoms with E-state index in [-0.39, 0.29) is 0 Å². The van der Waals surface area contributed by atoms with Crippen LogP contribution >= 0.6 is 23.2 Å². The highest BCUT2D eigenvalue weighted by atomic mass is 35.5. The zero-order valence-electron chi connectivity index (χ0n) is 12.4. The molecule has 2 aromatic rings. The zero-order chi connectivity index (χ0) is 15.2. The Bertz CT molecular complexity index is 497. The second-order valence-corrected chi connectivity index (χ2v) is 6.06. The van der Waals surface area contributed by atoms with Crippen molar-refractivity contribution in [1.82, 2.24) is 5.32 Å². The van der Waals surface area contributed by atoms with Crippen molar-refractivity contribution >= 4 is 23.2 Å². The Balaban J connectivity index is 2.15. The maximum atomic E-state index is 5.97. The molecule has 1 nitrogen and oxygen atoms in total. The first kappa shape index (κ1) is 16.4. The summed E-state index contributed by atoms with van der Waals surface area (Å²) in [6, 6.07) is 16.8. The lowest BCUT2D eigenvalue weighted by molar-refractivity contribution is 0.426. The third-order valence-electron chi connectivity index (χ3n) is 3.76. The Morgan fingerprint density at radius 2 is 1.05 bits per heavy atom. The minimum atomic E-state index is 0.322. The predicted octanol–water partition coefficient (Wildman–Crippen LogP) is 6.19. The number of halogens is 2. The van der Waals surface area contributed by atoms with Crippen molar-refractivity contribution in [3.8, 4) is 0 Å². The highest BCUT2D eigenvalue weighted by molar-refractivity contribution is 6.30. The van der Waals surface area contributed by atoms with Gasteiger partial charge in [0.15, 0.2) is 0 Å². The fraction of sp³-hybridized carbons (Fsp3) is 0.333. The van der Waals surface area contributed by atoms with Gasteiger partial charge in [-0.05, 0) is 48.2 Å². The van der Waals surface area contributed by atoms with E-state index in [9.17, 15) is 0 Å². The molecule has 2 atom stereocenters. The molecule has 0 aliphatic rings. The molecule has 112 valence electrons. The Kier molecular flexibility index (Phi) is 6.10. The summed E-state index contributed by atoms with van der Waals surface area (Å²) in [6.07, 6.45) is 2.07. The molecule has 2 unspecified atom stereocenters. The van der Waals surface area contributed by atoms with Gasteiger partial charge in [0, 0.05) is 22.1 Å². The molecule has 0 heterocycles. The minimum Gasteiger partial charge on any atom is -0.303 e. The lowest BCUT2D eigenvalue weighted by Crippen LogP contribution is -2.25. The minimum absolute atomic E-state index is 0.322. The third-order valence-corrected chi connectivity index (χ3v) is 4.27. The van der Waals surface area contributed by atoms with Crippen LogP contribution in [0.3, 0.4) is 0 Å². The van der Waals surface area contributed by atoms with E-state index in [0.29, 0.717) is 12.1 Å². The van der Waals surface area contributed by atoms with E-state index in [0.717, 1.165) is 22.9 Å². The van der Waals surface area contributed by atoms with Crippen LogP contribution in [0.2, 0.25) is 10.0 Å². The van der Waals surface area contributed by atoms with Crippen LogP contribution in [0.4, 0.5) is 0 Å². The predicted molar refractivity (Wildman–Crippen MR) is 92.1 cm³/mol. The van der Waals surface area contributed by atoms with Crippen molar-refractivity contribution in [2.75, 3.05) is 0 Å². The summed E-state index contributed by atoms with van der Waals surface area (Å²) >= 11 is 11.9. The summed E-state index contributed by atoms with van der Waals surface area (Å²) in [4.78, 5) is 0. The largest absolute Gasteiger partial charge is 0.303 e. The molecule has 2 rings (SSSR count). The molecule has 21 heavy (non-hydrogen) atoms. The van der Waals surface area contributed by atoms with Gasteiger partial charge < -0.3 is 5.32 Å². The van der Waals surface area contributed by atoms with Crippen LogP contribution in [-0.4, -0.2) is 0 Å². The maximum absolute atomic E-state index is 5.97. The molecule has 0 fully saturated rings. The maximum Gasteiger partial charge on any atom is 0.0406 e. The summed E-state index contributed by atoms with van der Waals surface area (Å²) in [5.74, 6) is 0. The second kappa shape index (κ2) is 7.84. The van der Waals surface area contributed by atoms with E-state index in [2.05, 4.69) is 43.4 Å². The van der Waals surface area contributed by atoms with Crippen LogP contribution in [0.15, 0.2) is 48.5 Å². The van der Waals surface area contributed by atoms with Gasteiger partial charge in [0.1, 0.15) is 0 Å². The van der Waals surface area contributed by atoms with Crippen LogP contribution in [0, 0.1) is 0 Å². The van der Waals surface area contributed by atoms with Crippen molar-refractivity contribution in [2.45, 2.75) is 38.8 Å². The molecule has 0 aliphatic heterocycles. The van der Waals surface area contributed by atoms with Crippen molar-refractivity contribution < 1.29 is 0 Å². The molecule has 3 heteroatoms. The lowest BCUT2D eigenvalue weighted by Gasteiger charge is -2.25. The molecular weight excluding hydrogens is 301 g/mol. The van der Waals surface area contributed by atoms with Crippen LogP contribution < -0.4 is 5.32 Å². The number of benzene rings is 2. The van der Waals surface area contributed by atoms with Gasteiger partial charge in [-0.1, -0.05) is 61.3 Å². The van der Waals surface area contributed by atoms with Crippen molar-refractivity contribution in [3.63, 3.8) is 0 Å². The fourth-order valence-electron chi connectivity index (χ4n) is 2.53. The SMILES string of the molecule is CCC(NC(CC)c1ccc(Cl)cc1)c1ccc(Cl)cc1. The van der Waals surface area contributed by atoms with Gasteiger partial charge >= 0.3 is 0 Å². The molecule has 0 aromatic heterocycles. The van der Waals surface area contributed by atoms with E-state index in [1.165, 1.54) is 11.1 Å². The standard InChI is InChI=1S/C18H21Cl2N/c1-3-17(13-5-9-15(19)10-6-13)21-18(4-2)14-7-11-16(20)12-8-14/h5-12,17-18,21H,3-4H2,1-2H3. The van der Waals surface area contributed by atoms with Gasteiger partial charge in [0.2, 0.25) is 0 Å². The van der Waals surface area contributed by atoms with Gasteiger partial charge in [-0.15, -0.1) is 0 Å². The lowest BCUT2D eigenvalue weighted by atomic mass is 9.99. The molecule has 0 saturated carbocycles. The molecule has 0 radical (unpaired) electrons. The van der Waals surface area contributed by atoms with Gasteiger partial charge in [-0.25, -0.2) is 0 Å². The highest BCUT2D eigenvalue weighted by Gasteiger charge is 2.16. The van der Waals surface area contributed by atoms with Crippen LogP contribution in [0.5, 0.6) is 0 Å². The van der Waals surface area contributed by atoms with E-state index < -0.39 is 0 Å². The van der Waals surface area contributed by atoms with E-state index in [4.69, 9.17) is 23.2 Å². The van der Waals surface area contributed by atoms with Gasteiger partial charge in [0.05, 0.1) is 0 Å². The molecule has 0 bridgehead atoms. The summed E-state index contributed by atoms with van der Waals surface area (Å²) in [5, 5.41) is 5.29. The van der Waals surface area contributed by atoms with E-state index >= 15 is 0 Å². The Morgan fingerprint density at radius 3 is 1.33 bits per heavy atom. The van der Waals surface area contributed by atoms with Crippen LogP contribution in [0.25, 0.3) is 0 Å². The Morgan fingerprint density at radius 1 is 0.714 bits per heavy atom. The summed E-state index contributed by atoms with van der Waals surface area (Å²) in [5.41, 5.74) is 2.55. The normalized spacial score (nSPS) is 13.9. The second-order valence-electron chi connectivity index (χ2n) is 5.19. The van der Waals surface area contributed by atoms with Crippen LogP contribution in [0.1, 0.15) is 49.9 Å². The summed E-state index contributed by atoms with van der Waals surface area (Å²) < 4.78 is 0. The fourth-order valence-corrected chi connectivity index (χ4v) is 2.78. The molecule has 0 aliphatic carbocycles. The van der Waals surface area contributed by atoms with E-state index in [1.54, 1.807) is 0 Å². The monoisotopic (exact) mass is 321 g/mol. The first-order valence-electron chi connectivity index (χ1n) is 7.41. The third kappa shape index (κ3) is 4.47. The summed E-state index contributed by atoms with van der Waals surface area (Å²) in [7, 11) is 0. The number of rotatable bonds is 6. The first-order chi connectivity index (χ1) is 10.1. The number of hydrogen-bond acceptors (Lipinski definition) is 1. The number of nitrogens with one attached hydrogen (secondary N) is 1. The summed E-state index contributed by atoms with van der Waals surface area (Å²) in [6.45, 7) is 4.39. The average Bonchev–Trinajstić information content (AvgIpc) is 2.51. The van der Waals surface area contributed by atoms with E-state index in [1.807, 2.05) is 24.3 Å². The van der Waals surface area contributed by atoms with Crippen LogP contribution in [-0.2, 0) is 0 Å². The zero-order valence-corrected chi connectivity index (χ0v) is 14.0. The quantitative estimate of drug-likeness (QED) is 0.669. The van der Waals surface area contributed by atoms with Gasteiger partial charge in [0.25, 0.3) is 0 Å². The highest BCUT2D eigenvalue weighted by Crippen LogP contribution is 2.26. The molecule has 0 saturated heterocycles. The van der Waals surface area contributed by atoms with Gasteiger partial charge in [-0.3, -0.25) is 0 Å². The topological polar surface area (TPSA) is 12.0 Å². The van der Waals surface area contributed by atoms with Crippen molar-refractivity contribution in [3.05, 3.63) is 69.7 Å². The average molecular weight is 322 g/mol. The molecule has 2 aromatic carbocycles. The molecule has 1 N–H and O–H groups in total. The van der Waals surface area contributed by atoms with Crippen molar-refractivity contribution in [1.29, 1.82) is 0 Å². The van der Waals surface area contributed by atoms with Crippen molar-refractivity contribution in [2.24, 2.45) is 0 Å². The number of hydrogen-bond donors (Lipinski definition) is 1. The molecule has 0 spiro atoms. The Hall–Kier alpha value is -1.02. The van der Waals surface area contributed by atoms with Gasteiger partial charge in [-0.2, -0.15) is 0 Å². The molecular formula is C18H21Cl2N. The Labute approximate surface area is 137 Å². The molecule has 0 amide bonds.